The predicted molar refractivity (Wildman–Crippen MR) is 130 cm³/mol. The van der Waals surface area contributed by atoms with Crippen LogP contribution in [-0.2, 0) is 0 Å². The van der Waals surface area contributed by atoms with Crippen molar-refractivity contribution in [3.05, 3.63) is 84.3 Å². The number of anilines is 1. The third-order valence-corrected chi connectivity index (χ3v) is 6.06. The second kappa shape index (κ2) is 10.2. The highest BCUT2D eigenvalue weighted by Gasteiger charge is 2.20. The number of carbonyl (C=O) groups excluding carboxylic acids is 2. The van der Waals surface area contributed by atoms with Gasteiger partial charge in [-0.15, -0.1) is 0 Å². The lowest BCUT2D eigenvalue weighted by atomic mass is 10.1. The number of amides is 3. The van der Waals surface area contributed by atoms with Crippen molar-refractivity contribution in [1.82, 2.24) is 5.32 Å². The Morgan fingerprint density at radius 1 is 0.844 bits per heavy atom. The third-order valence-electron chi connectivity index (χ3n) is 4.43. The number of halogens is 5. The maximum absolute atomic E-state index is 12.4. The molecule has 0 unspecified atom stereocenters. The summed E-state index contributed by atoms with van der Waals surface area (Å²) in [4.78, 5) is 24.9. The Labute approximate surface area is 209 Å². The summed E-state index contributed by atoms with van der Waals surface area (Å²) < 4.78 is 5.88. The summed E-state index contributed by atoms with van der Waals surface area (Å²) in [5.74, 6) is 0.0952. The monoisotopic (exact) mass is 530 g/mol. The molecule has 0 saturated carbocycles. The van der Waals surface area contributed by atoms with Crippen molar-refractivity contribution in [2.24, 2.45) is 0 Å². The molecule has 0 heterocycles. The van der Waals surface area contributed by atoms with E-state index in [9.17, 15) is 9.59 Å². The molecule has 3 rings (SSSR count). The molecule has 2 N–H and O–H groups in total. The summed E-state index contributed by atoms with van der Waals surface area (Å²) in [5, 5.41) is 6.07. The molecule has 0 aromatic heterocycles. The van der Waals surface area contributed by atoms with Gasteiger partial charge < -0.3 is 10.1 Å². The number of hydrogen-bond donors (Lipinski definition) is 2. The van der Waals surface area contributed by atoms with Crippen LogP contribution in [-0.4, -0.2) is 11.9 Å². The summed E-state index contributed by atoms with van der Waals surface area (Å²) >= 11 is 30.6. The van der Waals surface area contributed by atoms with Crippen LogP contribution in [0, 0.1) is 13.8 Å². The van der Waals surface area contributed by atoms with Crippen LogP contribution in [0.4, 0.5) is 10.5 Å². The Morgan fingerprint density at radius 2 is 1.50 bits per heavy atom. The molecular weight excluding hydrogens is 518 g/mol. The fourth-order valence-corrected chi connectivity index (χ4v) is 4.11. The van der Waals surface area contributed by atoms with Crippen LogP contribution in [0.3, 0.4) is 0 Å². The van der Waals surface area contributed by atoms with Gasteiger partial charge in [0.2, 0.25) is 0 Å². The van der Waals surface area contributed by atoms with Gasteiger partial charge in [-0.3, -0.25) is 10.1 Å². The quantitative estimate of drug-likeness (QED) is 0.355. The average Bonchev–Trinajstić information content (AvgIpc) is 2.71. The number of urea groups is 1. The van der Waals surface area contributed by atoms with Crippen molar-refractivity contribution in [3.8, 4) is 11.5 Å². The number of imide groups is 1. The molecule has 3 amide bonds. The van der Waals surface area contributed by atoms with Gasteiger partial charge >= 0.3 is 6.03 Å². The first kappa shape index (κ1) is 24.5. The Hall–Kier alpha value is -2.15. The van der Waals surface area contributed by atoms with Gasteiger partial charge in [-0.2, -0.15) is 0 Å². The number of carbonyl (C=O) groups is 2. The molecule has 5 nitrogen and oxygen atoms in total. The van der Waals surface area contributed by atoms with Gasteiger partial charge in [0.15, 0.2) is 0 Å². The molecule has 32 heavy (non-hydrogen) atoms. The minimum absolute atomic E-state index is 0.00595. The molecule has 3 aromatic carbocycles. The van der Waals surface area contributed by atoms with Crippen LogP contribution in [0.5, 0.6) is 11.5 Å². The number of hydrogen-bond acceptors (Lipinski definition) is 3. The van der Waals surface area contributed by atoms with E-state index in [2.05, 4.69) is 10.6 Å². The van der Waals surface area contributed by atoms with Crippen molar-refractivity contribution >= 4 is 75.6 Å². The molecule has 3 aromatic rings. The SMILES string of the molecule is Cc1cc(Oc2ccc(Cl)cc2Cl)c(C)c(Cl)c1NC(=O)NC(=O)c1c(Cl)cccc1Cl. The van der Waals surface area contributed by atoms with E-state index < -0.39 is 11.9 Å². The Balaban J connectivity index is 1.81. The zero-order valence-corrected chi connectivity index (χ0v) is 20.4. The highest BCUT2D eigenvalue weighted by Crippen LogP contribution is 2.39. The summed E-state index contributed by atoms with van der Waals surface area (Å²) in [6.45, 7) is 3.45. The molecule has 0 radical (unpaired) electrons. The van der Waals surface area contributed by atoms with E-state index in [0.717, 1.165) is 0 Å². The molecule has 0 aliphatic heterocycles. The molecular formula is C22H15Cl5N2O3. The van der Waals surface area contributed by atoms with E-state index in [-0.39, 0.29) is 20.6 Å². The van der Waals surface area contributed by atoms with Crippen molar-refractivity contribution in [2.75, 3.05) is 5.32 Å². The maximum Gasteiger partial charge on any atom is 0.326 e. The number of rotatable bonds is 4. The van der Waals surface area contributed by atoms with Crippen LogP contribution in [0.25, 0.3) is 0 Å². The number of aryl methyl sites for hydroxylation is 1. The molecule has 0 bridgehead atoms. The van der Waals surface area contributed by atoms with Crippen LogP contribution >= 0.6 is 58.0 Å². The van der Waals surface area contributed by atoms with Crippen molar-refractivity contribution in [3.63, 3.8) is 0 Å². The van der Waals surface area contributed by atoms with Crippen molar-refractivity contribution in [1.29, 1.82) is 0 Å². The average molecular weight is 533 g/mol. The molecule has 166 valence electrons. The molecule has 10 heteroatoms. The summed E-state index contributed by atoms with van der Waals surface area (Å²) in [6, 6.07) is 10.3. The molecule has 0 atom stereocenters. The standard InChI is InChI=1S/C22H15Cl5N2O3/c1-10-8-17(32-16-7-6-12(23)9-15(16)26)11(2)19(27)20(10)28-22(31)29-21(30)18-13(24)4-3-5-14(18)25/h3-9H,1-2H3,(H2,28,29,30,31). The zero-order chi connectivity index (χ0) is 23.6. The normalized spacial score (nSPS) is 10.6. The largest absolute Gasteiger partial charge is 0.455 e. The maximum atomic E-state index is 12.4. The van der Waals surface area contributed by atoms with Gasteiger partial charge in [-0.05, 0) is 55.8 Å². The zero-order valence-electron chi connectivity index (χ0n) is 16.7. The topological polar surface area (TPSA) is 67.4 Å². The van der Waals surface area contributed by atoms with Crippen LogP contribution in [0.1, 0.15) is 21.5 Å². The van der Waals surface area contributed by atoms with Gasteiger partial charge in [0, 0.05) is 10.6 Å². The van der Waals surface area contributed by atoms with Crippen molar-refractivity contribution in [2.45, 2.75) is 13.8 Å². The van der Waals surface area contributed by atoms with Crippen LogP contribution in [0.15, 0.2) is 42.5 Å². The smallest absolute Gasteiger partial charge is 0.326 e. The van der Waals surface area contributed by atoms with E-state index in [1.165, 1.54) is 12.1 Å². The van der Waals surface area contributed by atoms with Gasteiger partial charge in [-0.25, -0.2) is 4.79 Å². The lowest BCUT2D eigenvalue weighted by molar-refractivity contribution is 0.0967. The Kier molecular flexibility index (Phi) is 7.80. The minimum atomic E-state index is -0.801. The highest BCUT2D eigenvalue weighted by atomic mass is 35.5. The minimum Gasteiger partial charge on any atom is -0.455 e. The summed E-state index contributed by atoms with van der Waals surface area (Å²) in [7, 11) is 0. The Morgan fingerprint density at radius 3 is 2.12 bits per heavy atom. The first-order chi connectivity index (χ1) is 15.1. The molecule has 0 fully saturated rings. The highest BCUT2D eigenvalue weighted by molar-refractivity contribution is 6.40. The lowest BCUT2D eigenvalue weighted by Crippen LogP contribution is -2.35. The van der Waals surface area contributed by atoms with Gasteiger partial charge in [0.05, 0.1) is 31.3 Å². The fourth-order valence-electron chi connectivity index (χ4n) is 2.81. The van der Waals surface area contributed by atoms with E-state index in [4.69, 9.17) is 62.7 Å². The van der Waals surface area contributed by atoms with E-state index >= 15 is 0 Å². The fraction of sp³-hybridized carbons (Fsp3) is 0.0909. The second-order valence-corrected chi connectivity index (χ2v) is 8.72. The predicted octanol–water partition coefficient (Wildman–Crippen LogP) is 8.32. The number of benzene rings is 3. The molecule has 0 spiro atoms. The number of ether oxygens (including phenoxy) is 1. The first-order valence-electron chi connectivity index (χ1n) is 9.07. The third kappa shape index (κ3) is 5.42. The lowest BCUT2D eigenvalue weighted by Gasteiger charge is -2.17. The molecule has 0 aliphatic carbocycles. The van der Waals surface area contributed by atoms with Gasteiger partial charge in [0.25, 0.3) is 5.91 Å². The van der Waals surface area contributed by atoms with Gasteiger partial charge in [0.1, 0.15) is 11.5 Å². The summed E-state index contributed by atoms with van der Waals surface area (Å²) in [5.41, 5.74) is 1.46. The van der Waals surface area contributed by atoms with E-state index in [0.29, 0.717) is 38.4 Å². The van der Waals surface area contributed by atoms with Crippen molar-refractivity contribution < 1.29 is 14.3 Å². The van der Waals surface area contributed by atoms with Gasteiger partial charge in [-0.1, -0.05) is 64.1 Å². The second-order valence-electron chi connectivity index (χ2n) is 6.69. The van der Waals surface area contributed by atoms with Crippen LogP contribution < -0.4 is 15.4 Å². The summed E-state index contributed by atoms with van der Waals surface area (Å²) in [6.07, 6.45) is 0. The van der Waals surface area contributed by atoms with E-state index in [1.807, 2.05) is 0 Å². The Bertz CT molecular complexity index is 1210. The molecule has 0 saturated heterocycles. The molecule has 0 aliphatic rings. The van der Waals surface area contributed by atoms with Crippen LogP contribution in [0.2, 0.25) is 25.1 Å². The number of nitrogens with one attached hydrogen (secondary N) is 2. The van der Waals surface area contributed by atoms with E-state index in [1.54, 1.807) is 44.2 Å². The first-order valence-corrected chi connectivity index (χ1v) is 11.0.